The lowest BCUT2D eigenvalue weighted by atomic mass is 10.0. The van der Waals surface area contributed by atoms with E-state index in [-0.39, 0.29) is 11.9 Å². The number of aryl methyl sites for hydroxylation is 1. The highest BCUT2D eigenvalue weighted by Gasteiger charge is 2.29. The fourth-order valence-corrected chi connectivity index (χ4v) is 3.45. The minimum atomic E-state index is 0.165. The Hall–Kier alpha value is -2.49. The average Bonchev–Trinajstić information content (AvgIpc) is 3.16. The summed E-state index contributed by atoms with van der Waals surface area (Å²) in [6, 6.07) is 16.1. The molecule has 1 saturated heterocycles. The van der Waals surface area contributed by atoms with Crippen LogP contribution in [0.2, 0.25) is 0 Å². The number of likely N-dealkylation sites (tertiary alicyclic amines) is 1. The number of hydrogen-bond acceptors (Lipinski definition) is 3. The van der Waals surface area contributed by atoms with Crippen molar-refractivity contribution in [1.29, 1.82) is 0 Å². The van der Waals surface area contributed by atoms with Crippen LogP contribution in [0.25, 0.3) is 0 Å². The number of carbonyl (C=O) groups excluding carboxylic acids is 1. The maximum absolute atomic E-state index is 12.7. The molecule has 0 aliphatic carbocycles. The molecule has 2 aromatic carbocycles. The van der Waals surface area contributed by atoms with Gasteiger partial charge >= 0.3 is 0 Å². The third-order valence-electron chi connectivity index (χ3n) is 4.84. The van der Waals surface area contributed by atoms with Crippen LogP contribution < -0.4 is 9.47 Å². The van der Waals surface area contributed by atoms with Crippen LogP contribution in [0.5, 0.6) is 11.5 Å². The maximum Gasteiger partial charge on any atom is 0.223 e. The van der Waals surface area contributed by atoms with E-state index in [2.05, 4.69) is 6.07 Å². The monoisotopic (exact) mass is 339 g/mol. The van der Waals surface area contributed by atoms with Crippen molar-refractivity contribution in [2.24, 2.45) is 0 Å². The minimum Gasteiger partial charge on any atom is -0.497 e. The first-order valence-electron chi connectivity index (χ1n) is 8.77. The van der Waals surface area contributed by atoms with Crippen molar-refractivity contribution in [1.82, 2.24) is 4.90 Å². The second-order valence-corrected chi connectivity index (χ2v) is 6.37. The predicted molar refractivity (Wildman–Crippen MR) is 98.0 cm³/mol. The Morgan fingerprint density at radius 3 is 2.56 bits per heavy atom. The number of ether oxygens (including phenoxy) is 2. The van der Waals surface area contributed by atoms with E-state index < -0.39 is 0 Å². The first-order chi connectivity index (χ1) is 12.2. The average molecular weight is 339 g/mol. The molecular formula is C21H25NO3. The molecule has 1 heterocycles. The third-order valence-corrected chi connectivity index (χ3v) is 4.84. The molecule has 1 fully saturated rings. The van der Waals surface area contributed by atoms with Gasteiger partial charge in [0.2, 0.25) is 5.91 Å². The summed E-state index contributed by atoms with van der Waals surface area (Å²) in [5.41, 5.74) is 2.32. The lowest BCUT2D eigenvalue weighted by Crippen LogP contribution is -2.30. The van der Waals surface area contributed by atoms with Crippen molar-refractivity contribution < 1.29 is 14.3 Å². The Labute approximate surface area is 149 Å². The van der Waals surface area contributed by atoms with Crippen molar-refractivity contribution in [2.75, 3.05) is 20.8 Å². The van der Waals surface area contributed by atoms with Crippen LogP contribution in [0.1, 0.15) is 36.4 Å². The van der Waals surface area contributed by atoms with Crippen molar-refractivity contribution in [2.45, 2.75) is 31.7 Å². The summed E-state index contributed by atoms with van der Waals surface area (Å²) in [4.78, 5) is 14.8. The van der Waals surface area contributed by atoms with Crippen molar-refractivity contribution in [3.8, 4) is 11.5 Å². The van der Waals surface area contributed by atoms with Gasteiger partial charge in [0.25, 0.3) is 0 Å². The molecule has 4 heteroatoms. The molecular weight excluding hydrogens is 314 g/mol. The molecule has 2 aromatic rings. The van der Waals surface area contributed by atoms with Gasteiger partial charge in [-0.1, -0.05) is 24.3 Å². The van der Waals surface area contributed by atoms with Crippen molar-refractivity contribution >= 4 is 5.91 Å². The molecule has 0 aromatic heterocycles. The Bertz CT molecular complexity index is 711. The van der Waals surface area contributed by atoms with E-state index in [4.69, 9.17) is 9.47 Å². The largest absolute Gasteiger partial charge is 0.497 e. The molecule has 1 aliphatic heterocycles. The predicted octanol–water partition coefficient (Wildman–Crippen LogP) is 4.00. The summed E-state index contributed by atoms with van der Waals surface area (Å²) in [7, 11) is 3.33. The van der Waals surface area contributed by atoms with Crippen LogP contribution in [-0.4, -0.2) is 31.6 Å². The summed E-state index contributed by atoms with van der Waals surface area (Å²) in [6.45, 7) is 0.837. The molecule has 0 N–H and O–H groups in total. The Kier molecular flexibility index (Phi) is 5.59. The van der Waals surface area contributed by atoms with E-state index in [0.29, 0.717) is 6.42 Å². The number of rotatable bonds is 6. The molecule has 132 valence electrons. The summed E-state index contributed by atoms with van der Waals surface area (Å²) >= 11 is 0. The molecule has 0 spiro atoms. The number of nitrogens with zero attached hydrogens (tertiary/aromatic N) is 1. The summed E-state index contributed by atoms with van der Waals surface area (Å²) < 4.78 is 10.5. The van der Waals surface area contributed by atoms with E-state index in [1.807, 2.05) is 47.4 Å². The van der Waals surface area contributed by atoms with Crippen LogP contribution in [-0.2, 0) is 11.2 Å². The van der Waals surface area contributed by atoms with E-state index in [9.17, 15) is 4.79 Å². The van der Waals surface area contributed by atoms with Gasteiger partial charge in [0, 0.05) is 13.0 Å². The fourth-order valence-electron chi connectivity index (χ4n) is 3.45. The standard InChI is InChI=1S/C21H25NO3/c1-24-18-11-8-16(9-12-18)10-13-21(23)22-14-4-7-20(22)17-5-3-6-19(15-17)25-2/h3,5-6,8-9,11-12,15,20H,4,7,10,13-14H2,1-2H3. The maximum atomic E-state index is 12.7. The van der Waals surface area contributed by atoms with Gasteiger partial charge in [0.05, 0.1) is 20.3 Å². The molecule has 4 nitrogen and oxygen atoms in total. The molecule has 1 unspecified atom stereocenters. The molecule has 1 amide bonds. The number of amides is 1. The van der Waals surface area contributed by atoms with Gasteiger partial charge in [-0.05, 0) is 54.7 Å². The molecule has 25 heavy (non-hydrogen) atoms. The molecule has 0 bridgehead atoms. The smallest absolute Gasteiger partial charge is 0.223 e. The number of benzene rings is 2. The highest BCUT2D eigenvalue weighted by Crippen LogP contribution is 2.34. The zero-order valence-electron chi connectivity index (χ0n) is 14.9. The van der Waals surface area contributed by atoms with E-state index in [0.717, 1.165) is 48.4 Å². The van der Waals surface area contributed by atoms with Gasteiger partial charge in [0.1, 0.15) is 11.5 Å². The van der Waals surface area contributed by atoms with Gasteiger partial charge in [-0.15, -0.1) is 0 Å². The Morgan fingerprint density at radius 2 is 1.84 bits per heavy atom. The van der Waals surface area contributed by atoms with Gasteiger partial charge in [-0.2, -0.15) is 0 Å². The zero-order chi connectivity index (χ0) is 17.6. The van der Waals surface area contributed by atoms with Crippen LogP contribution in [0.4, 0.5) is 0 Å². The lowest BCUT2D eigenvalue weighted by molar-refractivity contribution is -0.132. The quantitative estimate of drug-likeness (QED) is 0.798. The Morgan fingerprint density at radius 1 is 1.08 bits per heavy atom. The van der Waals surface area contributed by atoms with E-state index >= 15 is 0 Å². The van der Waals surface area contributed by atoms with E-state index in [1.54, 1.807) is 14.2 Å². The number of carbonyl (C=O) groups is 1. The first-order valence-corrected chi connectivity index (χ1v) is 8.77. The second kappa shape index (κ2) is 8.06. The van der Waals surface area contributed by atoms with Gasteiger partial charge in [0.15, 0.2) is 0 Å². The summed E-state index contributed by atoms with van der Waals surface area (Å²) in [6.07, 6.45) is 3.36. The number of hydrogen-bond donors (Lipinski definition) is 0. The number of methoxy groups -OCH3 is 2. The van der Waals surface area contributed by atoms with Gasteiger partial charge in [-0.25, -0.2) is 0 Å². The van der Waals surface area contributed by atoms with Crippen LogP contribution in [0.3, 0.4) is 0 Å². The third kappa shape index (κ3) is 4.13. The molecule has 1 atom stereocenters. The van der Waals surface area contributed by atoms with Crippen molar-refractivity contribution in [3.05, 3.63) is 59.7 Å². The Balaban J connectivity index is 1.63. The zero-order valence-corrected chi connectivity index (χ0v) is 14.9. The normalized spacial score (nSPS) is 16.7. The van der Waals surface area contributed by atoms with Crippen LogP contribution >= 0.6 is 0 Å². The van der Waals surface area contributed by atoms with Crippen LogP contribution in [0.15, 0.2) is 48.5 Å². The summed E-state index contributed by atoms with van der Waals surface area (Å²) in [5, 5.41) is 0. The van der Waals surface area contributed by atoms with Crippen LogP contribution in [0, 0.1) is 0 Å². The van der Waals surface area contributed by atoms with Gasteiger partial charge in [-0.3, -0.25) is 4.79 Å². The SMILES string of the molecule is COc1ccc(CCC(=O)N2CCCC2c2cccc(OC)c2)cc1. The second-order valence-electron chi connectivity index (χ2n) is 6.37. The highest BCUT2D eigenvalue weighted by molar-refractivity contribution is 5.77. The first kappa shape index (κ1) is 17.3. The van der Waals surface area contributed by atoms with Gasteiger partial charge < -0.3 is 14.4 Å². The lowest BCUT2D eigenvalue weighted by Gasteiger charge is -2.25. The fraction of sp³-hybridized carbons (Fsp3) is 0.381. The highest BCUT2D eigenvalue weighted by atomic mass is 16.5. The van der Waals surface area contributed by atoms with Crippen molar-refractivity contribution in [3.63, 3.8) is 0 Å². The topological polar surface area (TPSA) is 38.8 Å². The molecule has 0 radical (unpaired) electrons. The molecule has 0 saturated carbocycles. The summed E-state index contributed by atoms with van der Waals surface area (Å²) in [5.74, 6) is 1.91. The van der Waals surface area contributed by atoms with E-state index in [1.165, 1.54) is 0 Å². The molecule has 3 rings (SSSR count). The minimum absolute atomic E-state index is 0.165. The molecule has 1 aliphatic rings.